The zero-order valence-corrected chi connectivity index (χ0v) is 17.7. The summed E-state index contributed by atoms with van der Waals surface area (Å²) in [6.45, 7) is 6.79. The van der Waals surface area contributed by atoms with Gasteiger partial charge in [-0.1, -0.05) is 30.3 Å². The van der Waals surface area contributed by atoms with Crippen LogP contribution in [0.3, 0.4) is 0 Å². The number of ether oxygens (including phenoxy) is 3. The van der Waals surface area contributed by atoms with E-state index >= 15 is 0 Å². The third kappa shape index (κ3) is 3.80. The number of aromatic amines is 1. The second kappa shape index (κ2) is 8.44. The Balaban J connectivity index is 1.71. The lowest BCUT2D eigenvalue weighted by Crippen LogP contribution is -2.21. The summed E-state index contributed by atoms with van der Waals surface area (Å²) in [5, 5.41) is 16.8. The number of hydrogen-bond donors (Lipinski definition) is 2. The average Bonchev–Trinajstić information content (AvgIpc) is 3.13. The highest BCUT2D eigenvalue weighted by atomic mass is 16.5. The van der Waals surface area contributed by atoms with Gasteiger partial charge in [0.15, 0.2) is 11.5 Å². The second-order valence-electron chi connectivity index (χ2n) is 7.35. The van der Waals surface area contributed by atoms with E-state index in [2.05, 4.69) is 29.3 Å². The minimum absolute atomic E-state index is 0.0596. The number of nitrogens with one attached hydrogen (secondary N) is 1. The number of rotatable bonds is 6. The molecular weight excluding hydrogens is 392 g/mol. The standard InChI is InChI=1S/C24H24N4O3/c1-4-29-20-11-16(9-10-19(20)30-13-17-8-6-5-7-14(17)2)22-18(12-25)23(26)31-24-21(22)15(3)27-28-24/h5-11,22H,4,13,26H2,1-3H3,(H,27,28)/t22-/m1/s1. The number of aromatic nitrogens is 2. The van der Waals surface area contributed by atoms with E-state index in [0.29, 0.717) is 36.2 Å². The average molecular weight is 416 g/mol. The van der Waals surface area contributed by atoms with Crippen molar-refractivity contribution >= 4 is 0 Å². The van der Waals surface area contributed by atoms with Crippen molar-refractivity contribution in [2.75, 3.05) is 6.61 Å². The van der Waals surface area contributed by atoms with Gasteiger partial charge in [0.05, 0.1) is 12.5 Å². The van der Waals surface area contributed by atoms with Crippen molar-refractivity contribution in [2.45, 2.75) is 33.3 Å². The first-order valence-electron chi connectivity index (χ1n) is 10.1. The number of allylic oxidation sites excluding steroid dienone is 1. The number of nitrogens with two attached hydrogens (primary N) is 1. The van der Waals surface area contributed by atoms with Crippen molar-refractivity contribution in [2.24, 2.45) is 5.73 Å². The third-order valence-electron chi connectivity index (χ3n) is 5.37. The number of aryl methyl sites for hydroxylation is 2. The van der Waals surface area contributed by atoms with Gasteiger partial charge in [0, 0.05) is 11.3 Å². The molecule has 0 spiro atoms. The molecule has 1 aliphatic heterocycles. The highest BCUT2D eigenvalue weighted by Gasteiger charge is 2.34. The van der Waals surface area contributed by atoms with Crippen LogP contribution < -0.4 is 19.9 Å². The van der Waals surface area contributed by atoms with E-state index in [0.717, 1.165) is 22.4 Å². The minimum atomic E-state index is -0.405. The van der Waals surface area contributed by atoms with Gasteiger partial charge in [-0.2, -0.15) is 5.26 Å². The van der Waals surface area contributed by atoms with Crippen molar-refractivity contribution in [1.82, 2.24) is 10.2 Å². The summed E-state index contributed by atoms with van der Waals surface area (Å²) in [6.07, 6.45) is 0. The molecule has 2 heterocycles. The SMILES string of the molecule is CCOc1cc([C@@H]2C(C#N)=C(N)Oc3n[nH]c(C)c32)ccc1OCc1ccccc1C. The van der Waals surface area contributed by atoms with Gasteiger partial charge in [0.1, 0.15) is 18.2 Å². The summed E-state index contributed by atoms with van der Waals surface area (Å²) in [7, 11) is 0. The molecule has 3 aromatic rings. The van der Waals surface area contributed by atoms with Crippen LogP contribution in [0.4, 0.5) is 0 Å². The fourth-order valence-corrected chi connectivity index (χ4v) is 3.75. The molecule has 0 saturated heterocycles. The number of H-pyrrole nitrogens is 1. The van der Waals surface area contributed by atoms with Crippen molar-refractivity contribution < 1.29 is 14.2 Å². The van der Waals surface area contributed by atoms with Crippen molar-refractivity contribution in [3.8, 4) is 23.4 Å². The van der Waals surface area contributed by atoms with Crippen molar-refractivity contribution in [3.63, 3.8) is 0 Å². The maximum absolute atomic E-state index is 9.76. The Labute approximate surface area is 181 Å². The van der Waals surface area contributed by atoms with Gasteiger partial charge in [0.25, 0.3) is 0 Å². The van der Waals surface area contributed by atoms with E-state index in [1.165, 1.54) is 5.56 Å². The number of hydrogen-bond acceptors (Lipinski definition) is 6. The lowest BCUT2D eigenvalue weighted by atomic mass is 9.84. The molecule has 1 atom stereocenters. The van der Waals surface area contributed by atoms with Gasteiger partial charge < -0.3 is 19.9 Å². The Kier molecular flexibility index (Phi) is 5.54. The van der Waals surface area contributed by atoms with E-state index < -0.39 is 5.92 Å². The van der Waals surface area contributed by atoms with Crippen molar-refractivity contribution in [1.29, 1.82) is 5.26 Å². The molecule has 2 aromatic carbocycles. The highest BCUT2D eigenvalue weighted by Crippen LogP contribution is 2.44. The first kappa shape index (κ1) is 20.4. The van der Waals surface area contributed by atoms with Crippen molar-refractivity contribution in [3.05, 3.63) is 81.9 Å². The molecule has 0 bridgehead atoms. The van der Waals surface area contributed by atoms with Gasteiger partial charge in [-0.3, -0.25) is 5.10 Å². The van der Waals surface area contributed by atoms with Crippen LogP contribution in [0.15, 0.2) is 53.9 Å². The molecule has 0 unspecified atom stereocenters. The molecule has 0 aliphatic carbocycles. The molecule has 0 saturated carbocycles. The maximum atomic E-state index is 9.76. The van der Waals surface area contributed by atoms with E-state index in [1.54, 1.807) is 0 Å². The lowest BCUT2D eigenvalue weighted by Gasteiger charge is -2.24. The molecule has 31 heavy (non-hydrogen) atoms. The Morgan fingerprint density at radius 3 is 2.71 bits per heavy atom. The molecule has 0 radical (unpaired) electrons. The Bertz CT molecular complexity index is 1190. The van der Waals surface area contributed by atoms with Gasteiger partial charge in [-0.25, -0.2) is 0 Å². The predicted octanol–water partition coefficient (Wildman–Crippen LogP) is 4.22. The summed E-state index contributed by atoms with van der Waals surface area (Å²) < 4.78 is 17.5. The van der Waals surface area contributed by atoms with E-state index in [1.807, 2.05) is 50.2 Å². The first-order chi connectivity index (χ1) is 15.0. The largest absolute Gasteiger partial charge is 0.490 e. The highest BCUT2D eigenvalue weighted by molar-refractivity contribution is 5.57. The maximum Gasteiger partial charge on any atom is 0.244 e. The minimum Gasteiger partial charge on any atom is -0.490 e. The Morgan fingerprint density at radius 1 is 1.16 bits per heavy atom. The molecule has 158 valence electrons. The molecular formula is C24H24N4O3. The van der Waals surface area contributed by atoms with E-state index in [9.17, 15) is 5.26 Å². The Morgan fingerprint density at radius 2 is 1.97 bits per heavy atom. The molecule has 4 rings (SSSR count). The lowest BCUT2D eigenvalue weighted by molar-refractivity contribution is 0.268. The van der Waals surface area contributed by atoms with Crippen LogP contribution in [-0.2, 0) is 6.61 Å². The molecule has 1 aliphatic rings. The van der Waals surface area contributed by atoms with Crippen LogP contribution in [0.25, 0.3) is 0 Å². The van der Waals surface area contributed by atoms with E-state index in [-0.39, 0.29) is 5.88 Å². The molecule has 7 heteroatoms. The van der Waals surface area contributed by atoms with Gasteiger partial charge in [-0.05, 0) is 49.6 Å². The number of nitrogens with zero attached hydrogens (tertiary/aromatic N) is 2. The fourth-order valence-electron chi connectivity index (χ4n) is 3.75. The summed E-state index contributed by atoms with van der Waals surface area (Å²) in [5.74, 6) is 1.29. The van der Waals surface area contributed by atoms with Gasteiger partial charge in [-0.15, -0.1) is 5.10 Å². The van der Waals surface area contributed by atoms with Crippen LogP contribution in [0.5, 0.6) is 17.4 Å². The number of fused-ring (bicyclic) bond motifs is 1. The third-order valence-corrected chi connectivity index (χ3v) is 5.37. The molecule has 0 fully saturated rings. The molecule has 7 nitrogen and oxygen atoms in total. The summed E-state index contributed by atoms with van der Waals surface area (Å²) in [4.78, 5) is 0. The van der Waals surface area contributed by atoms with Crippen LogP contribution in [0.1, 0.15) is 40.8 Å². The predicted molar refractivity (Wildman–Crippen MR) is 116 cm³/mol. The number of benzene rings is 2. The monoisotopic (exact) mass is 416 g/mol. The quantitative estimate of drug-likeness (QED) is 0.623. The summed E-state index contributed by atoms with van der Waals surface area (Å²) >= 11 is 0. The first-order valence-corrected chi connectivity index (χ1v) is 10.1. The topological polar surface area (TPSA) is 106 Å². The van der Waals surface area contributed by atoms with E-state index in [4.69, 9.17) is 19.9 Å². The normalized spacial score (nSPS) is 15.1. The Hall–Kier alpha value is -3.92. The molecule has 1 aromatic heterocycles. The molecule has 0 amide bonds. The van der Waals surface area contributed by atoms with Crippen LogP contribution in [0.2, 0.25) is 0 Å². The van der Waals surface area contributed by atoms with Gasteiger partial charge in [0.2, 0.25) is 11.8 Å². The summed E-state index contributed by atoms with van der Waals surface area (Å²) in [6, 6.07) is 16.0. The van der Waals surface area contributed by atoms with Gasteiger partial charge >= 0.3 is 0 Å². The molecule has 3 N–H and O–H groups in total. The number of nitriles is 1. The van der Waals surface area contributed by atoms with Crippen LogP contribution in [-0.4, -0.2) is 16.8 Å². The second-order valence-corrected chi connectivity index (χ2v) is 7.35. The zero-order chi connectivity index (χ0) is 22.0. The van der Waals surface area contributed by atoms with Crippen LogP contribution >= 0.6 is 0 Å². The fraction of sp³-hybridized carbons (Fsp3) is 0.250. The zero-order valence-electron chi connectivity index (χ0n) is 17.7. The smallest absolute Gasteiger partial charge is 0.244 e. The van der Waals surface area contributed by atoms with Crippen LogP contribution in [0, 0.1) is 25.2 Å². The summed E-state index contributed by atoms with van der Waals surface area (Å²) in [5.41, 5.74) is 11.1.